The molecule has 2 heterocycles. The van der Waals surface area contributed by atoms with E-state index < -0.39 is 0 Å². The first-order valence-electron chi connectivity index (χ1n) is 10.9. The third kappa shape index (κ3) is 4.39. The van der Waals surface area contributed by atoms with Crippen LogP contribution >= 0.6 is 0 Å². The minimum Gasteiger partial charge on any atom is -0.497 e. The molecule has 1 aliphatic rings. The number of halogens is 1. The number of nitrogens with one attached hydrogen (secondary N) is 1. The van der Waals surface area contributed by atoms with Crippen molar-refractivity contribution in [1.82, 2.24) is 15.1 Å². The molecular formula is C25H28FN3O3. The van der Waals surface area contributed by atoms with E-state index in [4.69, 9.17) is 9.47 Å². The Kier molecular flexibility index (Phi) is 6.55. The lowest BCUT2D eigenvalue weighted by atomic mass is 9.74. The molecule has 1 aliphatic heterocycles. The highest BCUT2D eigenvalue weighted by Gasteiger charge is 2.35. The summed E-state index contributed by atoms with van der Waals surface area (Å²) in [6.07, 6.45) is 3.86. The van der Waals surface area contributed by atoms with Gasteiger partial charge in [0.15, 0.2) is 0 Å². The monoisotopic (exact) mass is 437 g/mol. The van der Waals surface area contributed by atoms with E-state index in [2.05, 4.69) is 22.5 Å². The van der Waals surface area contributed by atoms with Crippen molar-refractivity contribution >= 4 is 5.91 Å². The van der Waals surface area contributed by atoms with Gasteiger partial charge in [-0.1, -0.05) is 19.1 Å². The van der Waals surface area contributed by atoms with Crippen LogP contribution in [0.2, 0.25) is 0 Å². The summed E-state index contributed by atoms with van der Waals surface area (Å²) in [5.74, 6) is 0.340. The fraction of sp³-hybridized carbons (Fsp3) is 0.360. The molecule has 1 amide bonds. The SMILES string of the molecule is CCc1c(C(=O)NCC2(c3ccc(OC)cc3)CCOCC2)cnn1-c1ccc(F)cc1. The molecule has 2 aromatic carbocycles. The summed E-state index contributed by atoms with van der Waals surface area (Å²) in [4.78, 5) is 13.2. The molecule has 0 aliphatic carbocycles. The highest BCUT2D eigenvalue weighted by Crippen LogP contribution is 2.35. The van der Waals surface area contributed by atoms with Gasteiger partial charge >= 0.3 is 0 Å². The van der Waals surface area contributed by atoms with Crippen molar-refractivity contribution in [3.05, 3.63) is 77.4 Å². The van der Waals surface area contributed by atoms with Crippen molar-refractivity contribution < 1.29 is 18.7 Å². The normalized spacial score (nSPS) is 15.3. The molecule has 168 valence electrons. The van der Waals surface area contributed by atoms with Gasteiger partial charge in [-0.3, -0.25) is 4.79 Å². The zero-order valence-electron chi connectivity index (χ0n) is 18.4. The summed E-state index contributed by atoms with van der Waals surface area (Å²) >= 11 is 0. The Bertz CT molecular complexity index is 1060. The van der Waals surface area contributed by atoms with Crippen LogP contribution in [0.4, 0.5) is 4.39 Å². The number of methoxy groups -OCH3 is 1. The number of rotatable bonds is 7. The second kappa shape index (κ2) is 9.53. The van der Waals surface area contributed by atoms with Crippen molar-refractivity contribution in [2.24, 2.45) is 0 Å². The van der Waals surface area contributed by atoms with Crippen LogP contribution in [-0.2, 0) is 16.6 Å². The molecular weight excluding hydrogens is 409 g/mol. The van der Waals surface area contributed by atoms with E-state index in [1.165, 1.54) is 17.7 Å². The van der Waals surface area contributed by atoms with Crippen molar-refractivity contribution in [3.63, 3.8) is 0 Å². The van der Waals surface area contributed by atoms with Crippen LogP contribution in [-0.4, -0.2) is 42.6 Å². The Morgan fingerprint density at radius 1 is 1.16 bits per heavy atom. The first kappa shape index (κ1) is 22.0. The fourth-order valence-corrected chi connectivity index (χ4v) is 4.33. The zero-order valence-corrected chi connectivity index (χ0v) is 18.4. The van der Waals surface area contributed by atoms with Gasteiger partial charge in [0.1, 0.15) is 11.6 Å². The average molecular weight is 438 g/mol. The predicted octanol–water partition coefficient (Wildman–Crippen LogP) is 4.06. The number of carbonyl (C=O) groups excluding carboxylic acids is 1. The first-order valence-corrected chi connectivity index (χ1v) is 10.9. The van der Waals surface area contributed by atoms with Gasteiger partial charge in [-0.05, 0) is 61.2 Å². The minimum atomic E-state index is -0.308. The van der Waals surface area contributed by atoms with Crippen LogP contribution in [0.15, 0.2) is 54.7 Å². The molecule has 0 unspecified atom stereocenters. The highest BCUT2D eigenvalue weighted by atomic mass is 19.1. The maximum absolute atomic E-state index is 13.3. The smallest absolute Gasteiger partial charge is 0.254 e. The maximum atomic E-state index is 13.3. The van der Waals surface area contributed by atoms with Crippen LogP contribution in [0.5, 0.6) is 5.75 Å². The molecule has 1 fully saturated rings. The van der Waals surface area contributed by atoms with Gasteiger partial charge in [-0.15, -0.1) is 0 Å². The van der Waals surface area contributed by atoms with E-state index in [0.717, 1.165) is 30.0 Å². The van der Waals surface area contributed by atoms with Gasteiger partial charge in [-0.25, -0.2) is 9.07 Å². The Morgan fingerprint density at radius 2 is 1.84 bits per heavy atom. The topological polar surface area (TPSA) is 65.4 Å². The van der Waals surface area contributed by atoms with Gasteiger partial charge in [-0.2, -0.15) is 5.10 Å². The molecule has 1 saturated heterocycles. The summed E-state index contributed by atoms with van der Waals surface area (Å²) in [7, 11) is 1.65. The lowest BCUT2D eigenvalue weighted by molar-refractivity contribution is 0.0487. The molecule has 0 radical (unpaired) electrons. The Morgan fingerprint density at radius 3 is 2.47 bits per heavy atom. The standard InChI is InChI=1S/C25H28FN3O3/c1-3-23-22(16-28-29(23)20-8-6-19(26)7-9-20)24(30)27-17-25(12-14-32-15-13-25)18-4-10-21(31-2)11-5-18/h4-11,16H,3,12-15,17H2,1-2H3,(H,27,30). The lowest BCUT2D eigenvalue weighted by Crippen LogP contribution is -2.44. The molecule has 0 atom stereocenters. The summed E-state index contributed by atoms with van der Waals surface area (Å²) in [5.41, 5.74) is 3.02. The number of benzene rings is 2. The molecule has 3 aromatic rings. The van der Waals surface area contributed by atoms with Crippen molar-refractivity contribution in [1.29, 1.82) is 0 Å². The van der Waals surface area contributed by atoms with Gasteiger partial charge in [0.25, 0.3) is 5.91 Å². The summed E-state index contributed by atoms with van der Waals surface area (Å²) in [6.45, 7) is 3.80. The number of amides is 1. The van der Waals surface area contributed by atoms with Crippen LogP contribution in [0.3, 0.4) is 0 Å². The van der Waals surface area contributed by atoms with E-state index in [1.807, 2.05) is 19.1 Å². The molecule has 0 spiro atoms. The molecule has 1 aromatic heterocycles. The van der Waals surface area contributed by atoms with Crippen LogP contribution < -0.4 is 10.1 Å². The van der Waals surface area contributed by atoms with E-state index in [9.17, 15) is 9.18 Å². The van der Waals surface area contributed by atoms with E-state index in [-0.39, 0.29) is 17.1 Å². The number of carbonyl (C=O) groups is 1. The summed E-state index contributed by atoms with van der Waals surface area (Å²) < 4.78 is 25.9. The van der Waals surface area contributed by atoms with Gasteiger partial charge in [0.05, 0.1) is 30.3 Å². The highest BCUT2D eigenvalue weighted by molar-refractivity contribution is 5.95. The van der Waals surface area contributed by atoms with Crippen LogP contribution in [0, 0.1) is 5.82 Å². The molecule has 0 bridgehead atoms. The minimum absolute atomic E-state index is 0.158. The number of nitrogens with zero attached hydrogens (tertiary/aromatic N) is 2. The summed E-state index contributed by atoms with van der Waals surface area (Å²) in [5, 5.41) is 7.54. The molecule has 0 saturated carbocycles. The molecule has 32 heavy (non-hydrogen) atoms. The van der Waals surface area contributed by atoms with Gasteiger partial charge in [0.2, 0.25) is 0 Å². The zero-order chi connectivity index (χ0) is 22.6. The summed E-state index contributed by atoms with van der Waals surface area (Å²) in [6, 6.07) is 14.1. The number of hydrogen-bond acceptors (Lipinski definition) is 4. The molecule has 4 rings (SSSR count). The Labute approximate surface area is 187 Å². The largest absolute Gasteiger partial charge is 0.497 e. The second-order valence-electron chi connectivity index (χ2n) is 8.05. The predicted molar refractivity (Wildman–Crippen MR) is 120 cm³/mol. The third-order valence-corrected chi connectivity index (χ3v) is 6.26. The number of aromatic nitrogens is 2. The Hall–Kier alpha value is -3.19. The quantitative estimate of drug-likeness (QED) is 0.605. The van der Waals surface area contributed by atoms with E-state index in [0.29, 0.717) is 31.7 Å². The first-order chi connectivity index (χ1) is 15.6. The van der Waals surface area contributed by atoms with Crippen LogP contribution in [0.25, 0.3) is 5.69 Å². The van der Waals surface area contributed by atoms with E-state index in [1.54, 1.807) is 30.1 Å². The Balaban J connectivity index is 1.55. The fourth-order valence-electron chi connectivity index (χ4n) is 4.33. The number of hydrogen-bond donors (Lipinski definition) is 1. The van der Waals surface area contributed by atoms with Gasteiger partial charge in [0, 0.05) is 25.2 Å². The molecule has 1 N–H and O–H groups in total. The van der Waals surface area contributed by atoms with Crippen molar-refractivity contribution in [2.75, 3.05) is 26.9 Å². The molecule has 6 nitrogen and oxygen atoms in total. The van der Waals surface area contributed by atoms with Crippen molar-refractivity contribution in [2.45, 2.75) is 31.6 Å². The van der Waals surface area contributed by atoms with E-state index >= 15 is 0 Å². The maximum Gasteiger partial charge on any atom is 0.254 e. The van der Waals surface area contributed by atoms with Crippen molar-refractivity contribution in [3.8, 4) is 11.4 Å². The second-order valence-corrected chi connectivity index (χ2v) is 8.05. The lowest BCUT2D eigenvalue weighted by Gasteiger charge is -2.38. The molecule has 7 heteroatoms. The number of ether oxygens (including phenoxy) is 2. The third-order valence-electron chi connectivity index (χ3n) is 6.26. The average Bonchev–Trinajstić information content (AvgIpc) is 3.28. The van der Waals surface area contributed by atoms with Gasteiger partial charge < -0.3 is 14.8 Å². The van der Waals surface area contributed by atoms with Crippen LogP contribution in [0.1, 0.15) is 41.4 Å².